The molecule has 0 N–H and O–H groups in total. The molecule has 0 amide bonds. The lowest BCUT2D eigenvalue weighted by Crippen LogP contribution is -2.17. The molecule has 0 radical (unpaired) electrons. The first kappa shape index (κ1) is 13.7. The number of para-hydroxylation sites is 1. The molecule has 2 aromatic carbocycles. The fraction of sp³-hybridized carbons (Fsp3) is 0. The summed E-state index contributed by atoms with van der Waals surface area (Å²) in [5, 5.41) is 10.7. The molecule has 0 fully saturated rings. The zero-order chi connectivity index (χ0) is 15.5. The standard InChI is InChI=1S/C16H11N3O3/c20-16-10-17-15(11-18(16)13-4-2-1-3-5-13)12-6-8-14(9-7-12)19(21)22/h1-11H. The summed E-state index contributed by atoms with van der Waals surface area (Å²) in [6, 6.07) is 15.2. The zero-order valence-corrected chi connectivity index (χ0v) is 11.4. The zero-order valence-electron chi connectivity index (χ0n) is 11.4. The normalized spacial score (nSPS) is 10.4. The van der Waals surface area contributed by atoms with Crippen molar-refractivity contribution in [2.75, 3.05) is 0 Å². The molecule has 0 saturated carbocycles. The Kier molecular flexibility index (Phi) is 3.49. The van der Waals surface area contributed by atoms with Crippen LogP contribution >= 0.6 is 0 Å². The minimum Gasteiger partial charge on any atom is -0.281 e. The van der Waals surface area contributed by atoms with E-state index in [9.17, 15) is 14.9 Å². The van der Waals surface area contributed by atoms with Gasteiger partial charge < -0.3 is 0 Å². The smallest absolute Gasteiger partial charge is 0.273 e. The molecule has 3 aromatic rings. The summed E-state index contributed by atoms with van der Waals surface area (Å²) in [6.45, 7) is 0. The molecule has 0 aliphatic rings. The number of hydrogen-bond acceptors (Lipinski definition) is 4. The number of non-ortho nitro benzene ring substituents is 1. The maximum Gasteiger partial charge on any atom is 0.273 e. The van der Waals surface area contributed by atoms with Gasteiger partial charge in [-0.25, -0.2) is 4.98 Å². The van der Waals surface area contributed by atoms with Gasteiger partial charge in [-0.15, -0.1) is 0 Å². The van der Waals surface area contributed by atoms with E-state index in [0.29, 0.717) is 11.3 Å². The Morgan fingerprint density at radius 1 is 1.00 bits per heavy atom. The van der Waals surface area contributed by atoms with Crippen LogP contribution in [-0.2, 0) is 0 Å². The van der Waals surface area contributed by atoms with Crippen LogP contribution in [0.25, 0.3) is 16.9 Å². The molecular weight excluding hydrogens is 282 g/mol. The van der Waals surface area contributed by atoms with E-state index in [2.05, 4.69) is 4.98 Å². The Labute approximate surface area is 125 Å². The average Bonchev–Trinajstić information content (AvgIpc) is 2.56. The van der Waals surface area contributed by atoms with Gasteiger partial charge in [-0.1, -0.05) is 18.2 Å². The number of rotatable bonds is 3. The fourth-order valence-corrected chi connectivity index (χ4v) is 2.10. The number of nitro groups is 1. The van der Waals surface area contributed by atoms with Gasteiger partial charge in [0.25, 0.3) is 11.2 Å². The van der Waals surface area contributed by atoms with E-state index in [0.717, 1.165) is 5.69 Å². The highest BCUT2D eigenvalue weighted by Crippen LogP contribution is 2.20. The van der Waals surface area contributed by atoms with Crippen molar-refractivity contribution >= 4 is 5.69 Å². The molecule has 0 aliphatic heterocycles. The summed E-state index contributed by atoms with van der Waals surface area (Å²) in [5.41, 5.74) is 1.78. The van der Waals surface area contributed by atoms with Crippen molar-refractivity contribution in [2.24, 2.45) is 0 Å². The molecule has 0 spiro atoms. The summed E-state index contributed by atoms with van der Waals surface area (Å²) in [7, 11) is 0. The summed E-state index contributed by atoms with van der Waals surface area (Å²) in [6.07, 6.45) is 2.86. The molecule has 0 atom stereocenters. The van der Waals surface area contributed by atoms with Crippen molar-refractivity contribution in [3.63, 3.8) is 0 Å². The Morgan fingerprint density at radius 2 is 1.68 bits per heavy atom. The second-order valence-electron chi connectivity index (χ2n) is 4.62. The van der Waals surface area contributed by atoms with Crippen LogP contribution < -0.4 is 5.56 Å². The van der Waals surface area contributed by atoms with Crippen LogP contribution in [0.4, 0.5) is 5.69 Å². The van der Waals surface area contributed by atoms with Gasteiger partial charge in [-0.05, 0) is 24.3 Å². The van der Waals surface area contributed by atoms with E-state index >= 15 is 0 Å². The highest BCUT2D eigenvalue weighted by molar-refractivity contribution is 5.60. The van der Waals surface area contributed by atoms with Gasteiger partial charge in [-0.3, -0.25) is 19.5 Å². The first-order valence-corrected chi connectivity index (χ1v) is 6.54. The summed E-state index contributed by atoms with van der Waals surface area (Å²) in [4.78, 5) is 26.3. The van der Waals surface area contributed by atoms with E-state index in [1.54, 1.807) is 18.3 Å². The summed E-state index contributed by atoms with van der Waals surface area (Å²) >= 11 is 0. The molecule has 0 unspecified atom stereocenters. The molecule has 3 rings (SSSR count). The molecule has 108 valence electrons. The second-order valence-corrected chi connectivity index (χ2v) is 4.62. The van der Waals surface area contributed by atoms with Crippen LogP contribution in [0.3, 0.4) is 0 Å². The van der Waals surface area contributed by atoms with Gasteiger partial charge in [0.05, 0.1) is 16.8 Å². The third-order valence-corrected chi connectivity index (χ3v) is 3.21. The third-order valence-electron chi connectivity index (χ3n) is 3.21. The van der Waals surface area contributed by atoms with Crippen molar-refractivity contribution in [2.45, 2.75) is 0 Å². The Bertz CT molecular complexity index is 871. The average molecular weight is 293 g/mol. The van der Waals surface area contributed by atoms with Crippen molar-refractivity contribution in [3.05, 3.63) is 87.5 Å². The highest BCUT2D eigenvalue weighted by Gasteiger charge is 2.08. The molecule has 22 heavy (non-hydrogen) atoms. The molecule has 0 aliphatic carbocycles. The molecule has 1 aromatic heterocycles. The number of nitrogens with zero attached hydrogens (tertiary/aromatic N) is 3. The van der Waals surface area contributed by atoms with Gasteiger partial charge in [-0.2, -0.15) is 0 Å². The monoisotopic (exact) mass is 293 g/mol. The SMILES string of the molecule is O=c1cnc(-c2ccc([N+](=O)[O-])cc2)cn1-c1ccccc1. The first-order chi connectivity index (χ1) is 10.6. The van der Waals surface area contributed by atoms with E-state index in [4.69, 9.17) is 0 Å². The first-order valence-electron chi connectivity index (χ1n) is 6.54. The van der Waals surface area contributed by atoms with Crippen LogP contribution in [0.5, 0.6) is 0 Å². The lowest BCUT2D eigenvalue weighted by Gasteiger charge is -2.07. The predicted octanol–water partition coefficient (Wildman–Crippen LogP) is 2.81. The van der Waals surface area contributed by atoms with E-state index in [1.807, 2.05) is 30.3 Å². The fourth-order valence-electron chi connectivity index (χ4n) is 2.10. The van der Waals surface area contributed by atoms with Gasteiger partial charge >= 0.3 is 0 Å². The molecule has 0 saturated heterocycles. The lowest BCUT2D eigenvalue weighted by molar-refractivity contribution is -0.384. The lowest BCUT2D eigenvalue weighted by atomic mass is 10.1. The van der Waals surface area contributed by atoms with Crippen LogP contribution in [0, 0.1) is 10.1 Å². The third kappa shape index (κ3) is 2.62. The van der Waals surface area contributed by atoms with E-state index in [1.165, 1.54) is 22.9 Å². The Balaban J connectivity index is 2.06. The van der Waals surface area contributed by atoms with Crippen molar-refractivity contribution < 1.29 is 4.92 Å². The maximum absolute atomic E-state index is 12.0. The minimum absolute atomic E-state index is 0.0140. The second kappa shape index (κ2) is 5.61. The maximum atomic E-state index is 12.0. The molecule has 6 heteroatoms. The van der Waals surface area contributed by atoms with Crippen LogP contribution in [0.2, 0.25) is 0 Å². The quantitative estimate of drug-likeness (QED) is 0.549. The van der Waals surface area contributed by atoms with E-state index in [-0.39, 0.29) is 11.2 Å². The number of aromatic nitrogens is 2. The largest absolute Gasteiger partial charge is 0.281 e. The van der Waals surface area contributed by atoms with Gasteiger partial charge in [0.1, 0.15) is 0 Å². The van der Waals surface area contributed by atoms with Gasteiger partial charge in [0.2, 0.25) is 0 Å². The van der Waals surface area contributed by atoms with Crippen molar-refractivity contribution in [1.82, 2.24) is 9.55 Å². The Morgan fingerprint density at radius 3 is 2.32 bits per heavy atom. The number of benzene rings is 2. The van der Waals surface area contributed by atoms with Crippen LogP contribution in [0.1, 0.15) is 0 Å². The Hall–Kier alpha value is -3.28. The highest BCUT2D eigenvalue weighted by atomic mass is 16.6. The number of nitro benzene ring substituents is 1. The van der Waals surface area contributed by atoms with Crippen LogP contribution in [-0.4, -0.2) is 14.5 Å². The predicted molar refractivity (Wildman–Crippen MR) is 81.9 cm³/mol. The summed E-state index contributed by atoms with van der Waals surface area (Å²) < 4.78 is 1.49. The van der Waals surface area contributed by atoms with Gasteiger partial charge in [0, 0.05) is 29.6 Å². The topological polar surface area (TPSA) is 78.0 Å². The molecule has 0 bridgehead atoms. The van der Waals surface area contributed by atoms with Gasteiger partial charge in [0.15, 0.2) is 0 Å². The molecule has 1 heterocycles. The minimum atomic E-state index is -0.456. The molecular formula is C16H11N3O3. The van der Waals surface area contributed by atoms with E-state index < -0.39 is 4.92 Å². The molecule has 6 nitrogen and oxygen atoms in total. The van der Waals surface area contributed by atoms with Crippen molar-refractivity contribution in [3.8, 4) is 16.9 Å². The van der Waals surface area contributed by atoms with Crippen molar-refractivity contribution in [1.29, 1.82) is 0 Å². The summed E-state index contributed by atoms with van der Waals surface area (Å²) in [5.74, 6) is 0. The van der Waals surface area contributed by atoms with Crippen LogP contribution in [0.15, 0.2) is 71.8 Å². The number of hydrogen-bond donors (Lipinski definition) is 0.